The van der Waals surface area contributed by atoms with E-state index in [1.165, 1.54) is 6.07 Å². The maximum absolute atomic E-state index is 12.4. The molecule has 0 bridgehead atoms. The summed E-state index contributed by atoms with van der Waals surface area (Å²) in [5.74, 6) is 0. The van der Waals surface area contributed by atoms with E-state index in [-0.39, 0.29) is 16.4 Å². The van der Waals surface area contributed by atoms with Crippen molar-refractivity contribution in [1.82, 2.24) is 4.72 Å². The zero-order chi connectivity index (χ0) is 15.5. The van der Waals surface area contributed by atoms with Crippen LogP contribution in [-0.4, -0.2) is 13.4 Å². The molecule has 7 heteroatoms. The molecule has 21 heavy (non-hydrogen) atoms. The second-order valence-corrected chi connectivity index (χ2v) is 6.86. The van der Waals surface area contributed by atoms with Crippen molar-refractivity contribution >= 4 is 38.8 Å². The minimum absolute atomic E-state index is 0.0359. The van der Waals surface area contributed by atoms with Crippen LogP contribution in [0.25, 0.3) is 0 Å². The van der Waals surface area contributed by atoms with Crippen molar-refractivity contribution in [2.24, 2.45) is 5.73 Å². The minimum Gasteiger partial charge on any atom is -0.389 e. The molecule has 0 spiro atoms. The molecule has 2 rings (SSSR count). The van der Waals surface area contributed by atoms with Crippen molar-refractivity contribution in [3.05, 3.63) is 64.7 Å². The van der Waals surface area contributed by atoms with Gasteiger partial charge in [-0.2, -0.15) is 0 Å². The molecule has 0 aromatic heterocycles. The predicted molar refractivity (Wildman–Crippen MR) is 87.8 cm³/mol. The predicted octanol–water partition coefficient (Wildman–Crippen LogP) is 2.45. The first-order valence-corrected chi connectivity index (χ1v) is 8.30. The molecule has 2 aromatic rings. The molecule has 2 aromatic carbocycles. The fourth-order valence-electron chi connectivity index (χ4n) is 1.80. The van der Waals surface area contributed by atoms with Gasteiger partial charge in [0.1, 0.15) is 4.99 Å². The maximum atomic E-state index is 12.4. The van der Waals surface area contributed by atoms with Gasteiger partial charge in [0.25, 0.3) is 0 Å². The van der Waals surface area contributed by atoms with Crippen LogP contribution in [0.3, 0.4) is 0 Å². The van der Waals surface area contributed by atoms with Crippen LogP contribution >= 0.6 is 23.8 Å². The smallest absolute Gasteiger partial charge is 0.241 e. The van der Waals surface area contributed by atoms with Crippen molar-refractivity contribution in [3.8, 4) is 0 Å². The highest BCUT2D eigenvalue weighted by Crippen LogP contribution is 2.18. The average Bonchev–Trinajstić information content (AvgIpc) is 2.46. The molecule has 0 aliphatic carbocycles. The highest BCUT2D eigenvalue weighted by Gasteiger charge is 2.19. The molecule has 0 fully saturated rings. The first-order valence-electron chi connectivity index (χ1n) is 6.04. The summed E-state index contributed by atoms with van der Waals surface area (Å²) in [6, 6.07) is 13.4. The van der Waals surface area contributed by atoms with Gasteiger partial charge in [0.2, 0.25) is 10.0 Å². The van der Waals surface area contributed by atoms with E-state index >= 15 is 0 Å². The second-order valence-electron chi connectivity index (χ2n) is 4.28. The van der Waals surface area contributed by atoms with Crippen LogP contribution < -0.4 is 10.5 Å². The zero-order valence-electron chi connectivity index (χ0n) is 10.9. The zero-order valence-corrected chi connectivity index (χ0v) is 13.3. The molecule has 0 radical (unpaired) electrons. The van der Waals surface area contributed by atoms with Crippen LogP contribution in [-0.2, 0) is 16.6 Å². The fourth-order valence-corrected chi connectivity index (χ4v) is 3.47. The molecule has 0 saturated carbocycles. The largest absolute Gasteiger partial charge is 0.389 e. The van der Waals surface area contributed by atoms with Gasteiger partial charge in [0.05, 0.1) is 4.90 Å². The molecule has 0 amide bonds. The molecule has 0 unspecified atom stereocenters. The Morgan fingerprint density at radius 3 is 2.43 bits per heavy atom. The molecule has 0 aliphatic rings. The number of hydrogen-bond donors (Lipinski definition) is 2. The van der Waals surface area contributed by atoms with Crippen LogP contribution in [0.1, 0.15) is 11.1 Å². The number of nitrogens with two attached hydrogens (primary N) is 1. The van der Waals surface area contributed by atoms with Crippen LogP contribution in [0.2, 0.25) is 5.02 Å². The number of sulfonamides is 1. The molecule has 3 N–H and O–H groups in total. The number of rotatable bonds is 5. The monoisotopic (exact) mass is 340 g/mol. The normalized spacial score (nSPS) is 11.3. The Kier molecular flexibility index (Phi) is 4.95. The molecule has 0 heterocycles. The summed E-state index contributed by atoms with van der Waals surface area (Å²) in [5.41, 5.74) is 6.57. The lowest BCUT2D eigenvalue weighted by Gasteiger charge is -2.11. The lowest BCUT2D eigenvalue weighted by Crippen LogP contribution is -2.26. The standard InChI is InChI=1S/C14H13ClN2O2S2/c15-12-7-3-1-5-10(12)9-17-21(18,19)13-8-4-2-6-11(13)14(16)20/h1-8,17H,9H2,(H2,16,20). The minimum atomic E-state index is -3.73. The topological polar surface area (TPSA) is 72.2 Å². The molecule has 0 aliphatic heterocycles. The van der Waals surface area contributed by atoms with Crippen LogP contribution in [0.5, 0.6) is 0 Å². The summed E-state index contributed by atoms with van der Waals surface area (Å²) in [6.07, 6.45) is 0. The SMILES string of the molecule is NC(=S)c1ccccc1S(=O)(=O)NCc1ccccc1Cl. The fraction of sp³-hybridized carbons (Fsp3) is 0.0714. The lowest BCUT2D eigenvalue weighted by molar-refractivity contribution is 0.581. The third-order valence-electron chi connectivity index (χ3n) is 2.85. The van der Waals surface area contributed by atoms with E-state index in [2.05, 4.69) is 4.72 Å². The van der Waals surface area contributed by atoms with Gasteiger partial charge in [-0.3, -0.25) is 0 Å². The van der Waals surface area contributed by atoms with Crippen molar-refractivity contribution < 1.29 is 8.42 Å². The summed E-state index contributed by atoms with van der Waals surface area (Å²) >= 11 is 10.9. The van der Waals surface area contributed by atoms with Crippen LogP contribution in [0.4, 0.5) is 0 Å². The maximum Gasteiger partial charge on any atom is 0.241 e. The molecule has 4 nitrogen and oxygen atoms in total. The Balaban J connectivity index is 2.28. The van der Waals surface area contributed by atoms with E-state index in [1.54, 1.807) is 42.5 Å². The third-order valence-corrected chi connectivity index (χ3v) is 4.90. The number of thiocarbonyl (C=S) groups is 1. The van der Waals surface area contributed by atoms with E-state index in [1.807, 2.05) is 0 Å². The average molecular weight is 341 g/mol. The van der Waals surface area contributed by atoms with E-state index in [0.717, 1.165) is 0 Å². The molecule has 0 saturated heterocycles. The van der Waals surface area contributed by atoms with Gasteiger partial charge >= 0.3 is 0 Å². The molecular weight excluding hydrogens is 328 g/mol. The Morgan fingerprint density at radius 2 is 1.76 bits per heavy atom. The van der Waals surface area contributed by atoms with Crippen LogP contribution in [0.15, 0.2) is 53.4 Å². The van der Waals surface area contributed by atoms with Gasteiger partial charge in [0, 0.05) is 17.1 Å². The van der Waals surface area contributed by atoms with Gasteiger partial charge < -0.3 is 5.73 Å². The van der Waals surface area contributed by atoms with Crippen LogP contribution in [0, 0.1) is 0 Å². The highest BCUT2D eigenvalue weighted by atomic mass is 35.5. The summed E-state index contributed by atoms with van der Waals surface area (Å²) in [5, 5.41) is 0.503. The summed E-state index contributed by atoms with van der Waals surface area (Å²) < 4.78 is 27.2. The van der Waals surface area contributed by atoms with E-state index < -0.39 is 10.0 Å². The molecule has 110 valence electrons. The third kappa shape index (κ3) is 3.79. The Bertz CT molecular complexity index is 776. The number of halogens is 1. The van der Waals surface area contributed by atoms with Gasteiger partial charge in [-0.1, -0.05) is 60.2 Å². The Hall–Kier alpha value is -1.47. The van der Waals surface area contributed by atoms with Gasteiger partial charge in [0.15, 0.2) is 0 Å². The van der Waals surface area contributed by atoms with Crippen molar-refractivity contribution in [3.63, 3.8) is 0 Å². The van der Waals surface area contributed by atoms with E-state index in [0.29, 0.717) is 16.1 Å². The quantitative estimate of drug-likeness (QED) is 0.820. The van der Waals surface area contributed by atoms with Gasteiger partial charge in [-0.05, 0) is 17.7 Å². The van der Waals surface area contributed by atoms with Crippen molar-refractivity contribution in [1.29, 1.82) is 0 Å². The van der Waals surface area contributed by atoms with E-state index in [4.69, 9.17) is 29.6 Å². The first kappa shape index (κ1) is 15.9. The second kappa shape index (κ2) is 6.53. The summed E-state index contributed by atoms with van der Waals surface area (Å²) in [4.78, 5) is 0.0956. The highest BCUT2D eigenvalue weighted by molar-refractivity contribution is 7.89. The summed E-state index contributed by atoms with van der Waals surface area (Å²) in [7, 11) is -3.73. The first-order chi connectivity index (χ1) is 9.92. The Morgan fingerprint density at radius 1 is 1.14 bits per heavy atom. The molecule has 0 atom stereocenters. The number of benzene rings is 2. The lowest BCUT2D eigenvalue weighted by atomic mass is 10.2. The molecular formula is C14H13ClN2O2S2. The number of nitrogens with one attached hydrogen (secondary N) is 1. The van der Waals surface area contributed by atoms with Crippen molar-refractivity contribution in [2.45, 2.75) is 11.4 Å². The summed E-state index contributed by atoms with van der Waals surface area (Å²) in [6.45, 7) is 0.0909. The van der Waals surface area contributed by atoms with E-state index in [9.17, 15) is 8.42 Å². The van der Waals surface area contributed by atoms with Gasteiger partial charge in [-0.25, -0.2) is 13.1 Å². The van der Waals surface area contributed by atoms with Gasteiger partial charge in [-0.15, -0.1) is 0 Å². The van der Waals surface area contributed by atoms with Crippen molar-refractivity contribution in [2.75, 3.05) is 0 Å². The Labute approximate surface area is 134 Å². The number of hydrogen-bond acceptors (Lipinski definition) is 3.